The first kappa shape index (κ1) is 20.6. The molecule has 0 bridgehead atoms. The van der Waals surface area contributed by atoms with Gasteiger partial charge in [0.1, 0.15) is 0 Å². The lowest BCUT2D eigenvalue weighted by Crippen LogP contribution is -2.47. The molecule has 0 aromatic carbocycles. The Morgan fingerprint density at radius 3 is 2.76 bits per heavy atom. The Hall–Kier alpha value is -0.750. The summed E-state index contributed by atoms with van der Waals surface area (Å²) in [6.45, 7) is 8.53. The summed E-state index contributed by atoms with van der Waals surface area (Å²) in [5.41, 5.74) is 0. The average Bonchev–Trinajstić information content (AvgIpc) is 2.96. The number of nitrogens with zero attached hydrogens (tertiary/aromatic N) is 2. The number of likely N-dealkylation sites (tertiary alicyclic amines) is 1. The van der Waals surface area contributed by atoms with Crippen molar-refractivity contribution in [3.63, 3.8) is 0 Å². The van der Waals surface area contributed by atoms with E-state index in [9.17, 15) is 9.59 Å². The van der Waals surface area contributed by atoms with Crippen LogP contribution in [0.4, 0.5) is 0 Å². The monoisotopic (exact) mass is 369 g/mol. The van der Waals surface area contributed by atoms with Gasteiger partial charge in [-0.05, 0) is 32.7 Å². The fourth-order valence-corrected chi connectivity index (χ4v) is 5.54. The largest absolute Gasteiger partial charge is 0.356 e. The minimum atomic E-state index is 0.0531. The van der Waals surface area contributed by atoms with Crippen molar-refractivity contribution in [1.29, 1.82) is 0 Å². The van der Waals surface area contributed by atoms with Crippen LogP contribution in [0.25, 0.3) is 0 Å². The van der Waals surface area contributed by atoms with E-state index in [2.05, 4.69) is 29.1 Å². The molecule has 0 spiro atoms. The first-order valence-electron chi connectivity index (χ1n) is 9.83. The quantitative estimate of drug-likeness (QED) is 0.749. The predicted molar refractivity (Wildman–Crippen MR) is 104 cm³/mol. The highest BCUT2D eigenvalue weighted by Crippen LogP contribution is 2.37. The maximum Gasteiger partial charge on any atom is 0.222 e. The van der Waals surface area contributed by atoms with Gasteiger partial charge in [-0.25, -0.2) is 0 Å². The van der Waals surface area contributed by atoms with Crippen LogP contribution < -0.4 is 5.32 Å². The Kier molecular flexibility index (Phi) is 8.07. The van der Waals surface area contributed by atoms with E-state index in [-0.39, 0.29) is 11.8 Å². The van der Waals surface area contributed by atoms with Gasteiger partial charge in [-0.2, -0.15) is 0 Å². The summed E-state index contributed by atoms with van der Waals surface area (Å²) in [6, 6.07) is 0.518. The van der Waals surface area contributed by atoms with E-state index in [0.717, 1.165) is 44.6 Å². The number of amides is 2. The summed E-state index contributed by atoms with van der Waals surface area (Å²) >= 11 is 2.03. The van der Waals surface area contributed by atoms with E-state index >= 15 is 0 Å². The molecule has 2 aliphatic heterocycles. The minimum absolute atomic E-state index is 0.0531. The van der Waals surface area contributed by atoms with E-state index in [1.54, 1.807) is 0 Å². The van der Waals surface area contributed by atoms with Crippen molar-refractivity contribution in [2.24, 2.45) is 11.8 Å². The smallest absolute Gasteiger partial charge is 0.222 e. The van der Waals surface area contributed by atoms with E-state index in [0.29, 0.717) is 29.7 Å². The molecule has 144 valence electrons. The third-order valence-corrected chi connectivity index (χ3v) is 7.05. The second-order valence-electron chi connectivity index (χ2n) is 7.77. The Labute approximate surface area is 157 Å². The zero-order valence-corrected chi connectivity index (χ0v) is 17.1. The first-order valence-corrected chi connectivity index (χ1v) is 10.9. The molecule has 5 nitrogen and oxygen atoms in total. The predicted octanol–water partition coefficient (Wildman–Crippen LogP) is 2.56. The summed E-state index contributed by atoms with van der Waals surface area (Å²) in [5.74, 6) is 2.21. The number of hydrogen-bond donors (Lipinski definition) is 1. The average molecular weight is 370 g/mol. The number of carbonyl (C=O) groups excluding carboxylic acids is 2. The van der Waals surface area contributed by atoms with Gasteiger partial charge >= 0.3 is 0 Å². The van der Waals surface area contributed by atoms with Gasteiger partial charge in [-0.3, -0.25) is 14.5 Å². The summed E-state index contributed by atoms with van der Waals surface area (Å²) < 4.78 is 0. The zero-order chi connectivity index (χ0) is 18.4. The van der Waals surface area contributed by atoms with Gasteiger partial charge in [-0.15, -0.1) is 11.8 Å². The first-order chi connectivity index (χ1) is 11.9. The van der Waals surface area contributed by atoms with Crippen molar-refractivity contribution in [1.82, 2.24) is 15.1 Å². The van der Waals surface area contributed by atoms with Crippen LogP contribution >= 0.6 is 11.8 Å². The molecular formula is C19H35N3O2S. The van der Waals surface area contributed by atoms with Crippen molar-refractivity contribution in [2.45, 2.75) is 64.3 Å². The highest BCUT2D eigenvalue weighted by molar-refractivity contribution is 8.00. The lowest BCUT2D eigenvalue weighted by atomic mass is 9.96. The van der Waals surface area contributed by atoms with E-state index < -0.39 is 0 Å². The second-order valence-corrected chi connectivity index (χ2v) is 8.92. The summed E-state index contributed by atoms with van der Waals surface area (Å²) in [5, 5.41) is 3.53. The van der Waals surface area contributed by atoms with Gasteiger partial charge in [0.05, 0.1) is 5.37 Å². The summed E-state index contributed by atoms with van der Waals surface area (Å²) in [6.07, 6.45) is 4.96. The summed E-state index contributed by atoms with van der Waals surface area (Å²) in [7, 11) is 2.21. The molecule has 0 aliphatic carbocycles. The van der Waals surface area contributed by atoms with Crippen LogP contribution in [0.15, 0.2) is 0 Å². The fourth-order valence-electron chi connectivity index (χ4n) is 3.82. The molecule has 6 heteroatoms. The number of carbonyl (C=O) groups is 2. The van der Waals surface area contributed by atoms with Crippen molar-refractivity contribution >= 4 is 23.6 Å². The Balaban J connectivity index is 1.81. The molecule has 2 saturated heterocycles. The fraction of sp³-hybridized carbons (Fsp3) is 0.895. The van der Waals surface area contributed by atoms with Gasteiger partial charge in [0.25, 0.3) is 0 Å². The highest BCUT2D eigenvalue weighted by Gasteiger charge is 2.38. The van der Waals surface area contributed by atoms with Gasteiger partial charge < -0.3 is 10.2 Å². The van der Waals surface area contributed by atoms with Crippen LogP contribution in [0.3, 0.4) is 0 Å². The molecular weight excluding hydrogens is 334 g/mol. The molecule has 25 heavy (non-hydrogen) atoms. The minimum Gasteiger partial charge on any atom is -0.356 e. The normalized spacial score (nSPS) is 27.7. The van der Waals surface area contributed by atoms with E-state index in [1.807, 2.05) is 25.6 Å². The molecule has 2 heterocycles. The number of hydrogen-bond acceptors (Lipinski definition) is 4. The van der Waals surface area contributed by atoms with E-state index in [1.165, 1.54) is 6.42 Å². The van der Waals surface area contributed by atoms with Crippen LogP contribution in [0.2, 0.25) is 0 Å². The molecule has 2 fully saturated rings. The van der Waals surface area contributed by atoms with Gasteiger partial charge in [0, 0.05) is 49.7 Å². The van der Waals surface area contributed by atoms with Crippen molar-refractivity contribution < 1.29 is 9.59 Å². The van der Waals surface area contributed by atoms with Crippen LogP contribution in [0.5, 0.6) is 0 Å². The third kappa shape index (κ3) is 5.61. The number of nitrogens with one attached hydrogen (secondary N) is 1. The molecule has 3 atom stereocenters. The van der Waals surface area contributed by atoms with Gasteiger partial charge in [-0.1, -0.05) is 20.8 Å². The lowest BCUT2D eigenvalue weighted by molar-refractivity contribution is -0.133. The topological polar surface area (TPSA) is 52.7 Å². The second kappa shape index (κ2) is 9.81. The molecule has 0 aromatic rings. The molecule has 0 saturated carbocycles. The highest BCUT2D eigenvalue weighted by atomic mass is 32.2. The van der Waals surface area contributed by atoms with Gasteiger partial charge in [0.15, 0.2) is 0 Å². The molecule has 0 aromatic heterocycles. The lowest BCUT2D eigenvalue weighted by Gasteiger charge is -2.38. The SMILES string of the molecule is CCCC(=O)N1CCCC(C2SCC(CCNC(=O)C(C)C)N2C)C1. The zero-order valence-electron chi connectivity index (χ0n) is 16.3. The third-order valence-electron chi connectivity index (χ3n) is 5.42. The van der Waals surface area contributed by atoms with E-state index in [4.69, 9.17) is 0 Å². The molecule has 0 radical (unpaired) electrons. The van der Waals surface area contributed by atoms with Crippen molar-refractivity contribution in [3.05, 3.63) is 0 Å². The maximum absolute atomic E-state index is 12.2. The molecule has 3 unspecified atom stereocenters. The van der Waals surface area contributed by atoms with Crippen LogP contribution in [0.1, 0.15) is 52.9 Å². The molecule has 2 amide bonds. The Morgan fingerprint density at radius 1 is 1.32 bits per heavy atom. The number of rotatable bonds is 7. The Morgan fingerprint density at radius 2 is 2.08 bits per heavy atom. The molecule has 2 rings (SSSR count). The van der Waals surface area contributed by atoms with Crippen molar-refractivity contribution in [3.8, 4) is 0 Å². The van der Waals surface area contributed by atoms with Crippen LogP contribution in [-0.4, -0.2) is 65.5 Å². The van der Waals surface area contributed by atoms with Crippen LogP contribution in [-0.2, 0) is 9.59 Å². The molecule has 1 N–H and O–H groups in total. The van der Waals surface area contributed by atoms with Crippen molar-refractivity contribution in [2.75, 3.05) is 32.4 Å². The Bertz CT molecular complexity index is 458. The number of piperidine rings is 1. The van der Waals surface area contributed by atoms with Crippen LogP contribution in [0, 0.1) is 11.8 Å². The maximum atomic E-state index is 12.2. The standard InChI is InChI=1S/C19H35N3O2S/c1-5-7-17(23)22-11-6-8-15(12-22)19-21(4)16(13-25-19)9-10-20-18(24)14(2)3/h14-16,19H,5-13H2,1-4H3,(H,20,24). The molecule has 2 aliphatic rings. The van der Waals surface area contributed by atoms with Gasteiger partial charge in [0.2, 0.25) is 11.8 Å². The summed E-state index contributed by atoms with van der Waals surface area (Å²) in [4.78, 5) is 28.5. The number of thioether (sulfide) groups is 1.